The van der Waals surface area contributed by atoms with Gasteiger partial charge >= 0.3 is 58.2 Å². The van der Waals surface area contributed by atoms with E-state index in [-0.39, 0.29) is 90.1 Å². The van der Waals surface area contributed by atoms with Gasteiger partial charge in [0.25, 0.3) is 0 Å². The Balaban J connectivity index is -0.000000605. The van der Waals surface area contributed by atoms with E-state index in [4.69, 9.17) is 0 Å². The van der Waals surface area contributed by atoms with Crippen molar-refractivity contribution in [1.29, 1.82) is 0 Å². The molecule has 0 atom stereocenters. The van der Waals surface area contributed by atoms with Crippen molar-refractivity contribution >= 4 is 5.91 Å². The van der Waals surface area contributed by atoms with Crippen molar-refractivity contribution in [2.75, 3.05) is 7.05 Å². The maximum atomic E-state index is 11.3. The minimum atomic E-state index is -0.688. The summed E-state index contributed by atoms with van der Waals surface area (Å²) in [6, 6.07) is 0. The van der Waals surface area contributed by atoms with Crippen LogP contribution in [0.1, 0.15) is 34.6 Å². The van der Waals surface area contributed by atoms with Gasteiger partial charge in [-0.15, -0.1) is 12.6 Å². The van der Waals surface area contributed by atoms with E-state index in [0.717, 1.165) is 0 Å². The van der Waals surface area contributed by atoms with Crippen LogP contribution in [0.3, 0.4) is 0 Å². The number of amides is 1. The Labute approximate surface area is 150 Å². The minimum Gasteiger partial charge on any atom is -0.657 e. The first-order chi connectivity index (χ1) is 5.19. The summed E-state index contributed by atoms with van der Waals surface area (Å²) < 4.78 is 0. The van der Waals surface area contributed by atoms with Crippen LogP contribution in [0, 0.1) is 0 Å². The average molecular weight is 442 g/mol. The molecule has 0 aromatic heterocycles. The second kappa shape index (κ2) is 8.06. The predicted molar refractivity (Wildman–Crippen MR) is 51.5 cm³/mol. The number of nitrogens with zero attached hydrogens (tertiary/aromatic N) is 2. The maximum Gasteiger partial charge on any atom is 1.00 e. The molecule has 3 nitrogen and oxygen atoms in total. The summed E-state index contributed by atoms with van der Waals surface area (Å²) in [7, 11) is 1.50. The number of carbonyl (C=O) groups excluding carboxylic acids is 1. The fourth-order valence-corrected chi connectivity index (χ4v) is 1.16. The summed E-state index contributed by atoms with van der Waals surface area (Å²) in [5.74, 6) is -0.169. The van der Waals surface area contributed by atoms with Crippen molar-refractivity contribution in [3.63, 3.8) is 0 Å². The first-order valence-corrected chi connectivity index (χ1v) is 4.07. The molecule has 0 spiro atoms. The van der Waals surface area contributed by atoms with E-state index < -0.39 is 5.54 Å². The summed E-state index contributed by atoms with van der Waals surface area (Å²) >= 11 is 0. The molecule has 0 saturated carbocycles. The van der Waals surface area contributed by atoms with Gasteiger partial charge in [-0.3, -0.25) is 0 Å². The molecular weight excluding hydrogens is 424 g/mol. The van der Waals surface area contributed by atoms with Gasteiger partial charge in [-0.05, 0) is 0 Å². The van der Waals surface area contributed by atoms with Crippen molar-refractivity contribution in [3.05, 3.63) is 10.6 Å². The fraction of sp³-hybridized carbons (Fsp3) is 0.889. The van der Waals surface area contributed by atoms with Gasteiger partial charge in [-0.2, -0.15) is 0 Å². The third-order valence-electron chi connectivity index (χ3n) is 1.34. The van der Waals surface area contributed by atoms with Gasteiger partial charge < -0.3 is 15.4 Å². The van der Waals surface area contributed by atoms with Crippen LogP contribution in [-0.2, 0) is 25.2 Å². The number of carbonyl (C=O) groups is 1. The van der Waals surface area contributed by atoms with Gasteiger partial charge in [0.2, 0.25) is 0 Å². The van der Waals surface area contributed by atoms with E-state index in [1.54, 1.807) is 13.8 Å². The Hall–Kier alpha value is 1.90. The maximum absolute atomic E-state index is 11.3. The largest absolute Gasteiger partial charge is 1.00 e. The van der Waals surface area contributed by atoms with Gasteiger partial charge in [0.05, 0.1) is 0 Å². The molecule has 0 aromatic carbocycles. The molecule has 1 amide bonds. The second-order valence-corrected chi connectivity index (χ2v) is 4.37. The number of hydrogen-bond donors (Lipinski definition) is 0. The van der Waals surface area contributed by atoms with Crippen molar-refractivity contribution in [3.8, 4) is 0 Å². The normalized spacial score (nSPS) is 11.0. The number of hydrogen-bond acceptors (Lipinski definition) is 1. The molecule has 14 heavy (non-hydrogen) atoms. The molecule has 0 aliphatic carbocycles. The first kappa shape index (κ1) is 21.2. The molecule has 0 saturated heterocycles. The molecule has 0 aliphatic rings. The smallest absolute Gasteiger partial charge is 0.657 e. The third kappa shape index (κ3) is 9.15. The van der Waals surface area contributed by atoms with Crippen molar-refractivity contribution in [1.82, 2.24) is 0 Å². The zero-order chi connectivity index (χ0) is 9.99. The van der Waals surface area contributed by atoms with Gasteiger partial charge in [0, 0.05) is 26.3 Å². The van der Waals surface area contributed by atoms with Crippen LogP contribution in [0.4, 0.5) is 0 Å². The average Bonchev–Trinajstić information content (AvgIpc) is 1.80. The van der Waals surface area contributed by atoms with Gasteiger partial charge in [0.1, 0.15) is 0 Å². The molecule has 0 bridgehead atoms. The van der Waals surface area contributed by atoms with E-state index in [1.165, 1.54) is 7.05 Å². The molecule has 0 N–H and O–H groups in total. The van der Waals surface area contributed by atoms with E-state index in [0.29, 0.717) is 0 Å². The van der Waals surface area contributed by atoms with Gasteiger partial charge in [0.15, 0.2) is 0 Å². The summed E-state index contributed by atoms with van der Waals surface area (Å²) in [6.45, 7) is 9.48. The summed E-state index contributed by atoms with van der Waals surface area (Å²) in [5, 5.41) is 7.98. The number of likely N-dealkylation sites (N-methyl/N-ethyl adjacent to an activating group) is 1. The molecule has 1 radical (unpaired) electrons. The zero-order valence-corrected chi connectivity index (χ0v) is 17.8. The molecule has 5 heteroatoms. The van der Waals surface area contributed by atoms with Crippen molar-refractivity contribution in [2.45, 2.75) is 45.7 Å². The van der Waals surface area contributed by atoms with E-state index in [9.17, 15) is 4.79 Å². The standard InChI is InChI=1S/C9H19N2O.Rb.Re/c1-8(2,3)11-9(4,5)7(12)10-6;;/h1-6H3,(H,10,12);;/q-1;+1;/p-1. The second-order valence-electron chi connectivity index (χ2n) is 4.37. The zero-order valence-electron chi connectivity index (χ0n) is 10.2. The van der Waals surface area contributed by atoms with Gasteiger partial charge in [-0.1, -0.05) is 40.2 Å². The summed E-state index contributed by atoms with van der Waals surface area (Å²) in [6.07, 6.45) is 0. The monoisotopic (exact) mass is 442 g/mol. The van der Waals surface area contributed by atoms with Crippen LogP contribution >= 0.6 is 0 Å². The fourth-order valence-electron chi connectivity index (χ4n) is 1.16. The van der Waals surface area contributed by atoms with E-state index in [2.05, 4.69) is 10.6 Å². The molecule has 0 aromatic rings. The first-order valence-electron chi connectivity index (χ1n) is 4.07. The van der Waals surface area contributed by atoms with Crippen molar-refractivity contribution in [2.24, 2.45) is 0 Å². The van der Waals surface area contributed by atoms with Crippen LogP contribution in [-0.4, -0.2) is 24.0 Å². The molecule has 79 valence electrons. The Bertz CT molecular complexity index is 178. The van der Waals surface area contributed by atoms with Crippen LogP contribution in [0.25, 0.3) is 10.6 Å². The van der Waals surface area contributed by atoms with Gasteiger partial charge in [-0.25, -0.2) is 0 Å². The summed E-state index contributed by atoms with van der Waals surface area (Å²) in [5.41, 5.74) is -0.878. The topological polar surface area (TPSA) is 45.3 Å². The Morgan fingerprint density at radius 1 is 1.07 bits per heavy atom. The molecule has 0 fully saturated rings. The van der Waals surface area contributed by atoms with Crippen LogP contribution in [0.15, 0.2) is 0 Å². The Morgan fingerprint density at radius 3 is 1.64 bits per heavy atom. The van der Waals surface area contributed by atoms with E-state index >= 15 is 0 Å². The quantitative estimate of drug-likeness (QED) is 0.568. The molecule has 0 unspecified atom stereocenters. The van der Waals surface area contributed by atoms with E-state index in [1.807, 2.05) is 20.8 Å². The van der Waals surface area contributed by atoms with Crippen LogP contribution in [0.5, 0.6) is 0 Å². The third-order valence-corrected chi connectivity index (χ3v) is 1.34. The molecule has 0 rings (SSSR count). The molecule has 0 heterocycles. The van der Waals surface area contributed by atoms with Crippen LogP contribution in [0.2, 0.25) is 0 Å². The summed E-state index contributed by atoms with van der Waals surface area (Å²) in [4.78, 5) is 11.3. The Kier molecular flexibility index (Phi) is 12.2. The molecule has 0 aliphatic heterocycles. The SMILES string of the molecule is C[N-]C(=O)C(C)(C)[N-]C(C)(C)C.[Rb+].[Re]. The Morgan fingerprint density at radius 2 is 1.43 bits per heavy atom. The predicted octanol–water partition coefficient (Wildman–Crippen LogP) is -0.531. The minimum absolute atomic E-state index is 0. The number of rotatable bonds is 2. The van der Waals surface area contributed by atoms with Crippen LogP contribution < -0.4 is 58.2 Å². The molecular formula is C9H18N2ORbRe-. The van der Waals surface area contributed by atoms with Crippen molar-refractivity contribution < 1.29 is 83.4 Å².